The van der Waals surface area contributed by atoms with Crippen LogP contribution in [0.3, 0.4) is 0 Å². The molecule has 0 saturated heterocycles. The van der Waals surface area contributed by atoms with E-state index in [0.29, 0.717) is 12.2 Å². The molecule has 20 heavy (non-hydrogen) atoms. The molecule has 1 aliphatic carbocycles. The lowest BCUT2D eigenvalue weighted by Gasteiger charge is -2.14. The first-order valence-electron chi connectivity index (χ1n) is 7.14. The van der Waals surface area contributed by atoms with Gasteiger partial charge in [-0.1, -0.05) is 12.1 Å². The van der Waals surface area contributed by atoms with Crippen molar-refractivity contribution in [2.45, 2.75) is 32.7 Å². The zero-order valence-electron chi connectivity index (χ0n) is 12.1. The van der Waals surface area contributed by atoms with E-state index in [1.165, 1.54) is 12.8 Å². The molecule has 0 bridgehead atoms. The summed E-state index contributed by atoms with van der Waals surface area (Å²) in [5.41, 5.74) is 1.81. The van der Waals surface area contributed by atoms with Gasteiger partial charge in [-0.3, -0.25) is 10.1 Å². The highest BCUT2D eigenvalue weighted by atomic mass is 16.6. The fraction of sp³-hybridized carbons (Fsp3) is 0.600. The van der Waals surface area contributed by atoms with Gasteiger partial charge in [-0.25, -0.2) is 0 Å². The van der Waals surface area contributed by atoms with Gasteiger partial charge in [0.2, 0.25) is 0 Å². The predicted octanol–water partition coefficient (Wildman–Crippen LogP) is 2.98. The van der Waals surface area contributed by atoms with Crippen molar-refractivity contribution >= 4 is 5.69 Å². The Morgan fingerprint density at radius 3 is 2.90 bits per heavy atom. The number of nitro groups is 1. The van der Waals surface area contributed by atoms with Crippen LogP contribution in [0.4, 0.5) is 5.69 Å². The Kier molecular flexibility index (Phi) is 5.09. The van der Waals surface area contributed by atoms with Gasteiger partial charge in [0, 0.05) is 30.8 Å². The number of hydrogen-bond donors (Lipinski definition) is 1. The molecule has 0 heterocycles. The maximum atomic E-state index is 10.9. The molecule has 1 aliphatic rings. The molecule has 5 heteroatoms. The van der Waals surface area contributed by atoms with E-state index in [0.717, 1.165) is 24.6 Å². The minimum atomic E-state index is -0.329. The number of nitro benzene ring substituents is 1. The second-order valence-electron chi connectivity index (χ2n) is 5.50. The standard InChI is InChI=1S/C15H22N2O3/c1-11-3-6-14(9-15(11)17(18)19)12(2)16-7-8-20-10-13-4-5-13/h3,6,9,12-13,16H,4-5,7-8,10H2,1-2H3. The third kappa shape index (κ3) is 4.28. The number of aryl methyl sites for hydroxylation is 1. The molecule has 1 fully saturated rings. The molecule has 1 unspecified atom stereocenters. The molecule has 5 nitrogen and oxygen atoms in total. The van der Waals surface area contributed by atoms with Crippen molar-refractivity contribution < 1.29 is 9.66 Å². The van der Waals surface area contributed by atoms with Crippen LogP contribution in [-0.2, 0) is 4.74 Å². The molecule has 1 aromatic rings. The largest absolute Gasteiger partial charge is 0.380 e. The van der Waals surface area contributed by atoms with Crippen molar-refractivity contribution in [2.75, 3.05) is 19.8 Å². The van der Waals surface area contributed by atoms with Crippen molar-refractivity contribution in [3.8, 4) is 0 Å². The van der Waals surface area contributed by atoms with E-state index < -0.39 is 0 Å². The van der Waals surface area contributed by atoms with Crippen LogP contribution in [0.25, 0.3) is 0 Å². The first-order chi connectivity index (χ1) is 9.58. The Morgan fingerprint density at radius 2 is 2.25 bits per heavy atom. The van der Waals surface area contributed by atoms with Crippen molar-refractivity contribution in [3.63, 3.8) is 0 Å². The maximum Gasteiger partial charge on any atom is 0.272 e. The molecule has 110 valence electrons. The van der Waals surface area contributed by atoms with Crippen LogP contribution >= 0.6 is 0 Å². The quantitative estimate of drug-likeness (QED) is 0.451. The van der Waals surface area contributed by atoms with E-state index in [2.05, 4.69) is 5.32 Å². The summed E-state index contributed by atoms with van der Waals surface area (Å²) in [5, 5.41) is 14.3. The van der Waals surface area contributed by atoms with E-state index in [9.17, 15) is 10.1 Å². The summed E-state index contributed by atoms with van der Waals surface area (Å²) in [7, 11) is 0. The van der Waals surface area contributed by atoms with Gasteiger partial charge in [0.1, 0.15) is 0 Å². The lowest BCUT2D eigenvalue weighted by molar-refractivity contribution is -0.385. The fourth-order valence-electron chi connectivity index (χ4n) is 2.09. The van der Waals surface area contributed by atoms with Crippen LogP contribution in [0, 0.1) is 23.0 Å². The summed E-state index contributed by atoms with van der Waals surface area (Å²) < 4.78 is 5.55. The second kappa shape index (κ2) is 6.81. The summed E-state index contributed by atoms with van der Waals surface area (Å²) in [5.74, 6) is 0.784. The van der Waals surface area contributed by atoms with Gasteiger partial charge in [-0.2, -0.15) is 0 Å². The zero-order chi connectivity index (χ0) is 14.5. The molecule has 1 saturated carbocycles. The minimum absolute atomic E-state index is 0.0822. The summed E-state index contributed by atoms with van der Waals surface area (Å²) in [6.45, 7) is 6.08. The highest BCUT2D eigenvalue weighted by molar-refractivity contribution is 5.43. The Labute approximate surface area is 119 Å². The topological polar surface area (TPSA) is 64.4 Å². The molecule has 1 atom stereocenters. The van der Waals surface area contributed by atoms with Crippen LogP contribution in [-0.4, -0.2) is 24.7 Å². The van der Waals surface area contributed by atoms with Gasteiger partial charge in [-0.15, -0.1) is 0 Å². The van der Waals surface area contributed by atoms with Gasteiger partial charge in [0.15, 0.2) is 0 Å². The van der Waals surface area contributed by atoms with Crippen LogP contribution in [0.5, 0.6) is 0 Å². The normalized spacial score (nSPS) is 16.1. The number of hydrogen-bond acceptors (Lipinski definition) is 4. The lowest BCUT2D eigenvalue weighted by Crippen LogP contribution is -2.23. The molecule has 1 aromatic carbocycles. The molecule has 0 amide bonds. The average molecular weight is 278 g/mol. The molecule has 0 radical (unpaired) electrons. The summed E-state index contributed by atoms with van der Waals surface area (Å²) in [4.78, 5) is 10.6. The van der Waals surface area contributed by atoms with Crippen molar-refractivity contribution in [3.05, 3.63) is 39.4 Å². The zero-order valence-corrected chi connectivity index (χ0v) is 12.1. The van der Waals surface area contributed by atoms with Gasteiger partial charge in [0.05, 0.1) is 11.5 Å². The SMILES string of the molecule is Cc1ccc(C(C)NCCOCC2CC2)cc1[N+](=O)[O-]. The number of nitrogens with zero attached hydrogens (tertiary/aromatic N) is 1. The van der Waals surface area contributed by atoms with E-state index in [1.54, 1.807) is 19.1 Å². The lowest BCUT2D eigenvalue weighted by atomic mass is 10.0. The van der Waals surface area contributed by atoms with Crippen molar-refractivity contribution in [2.24, 2.45) is 5.92 Å². The third-order valence-electron chi connectivity index (χ3n) is 3.68. The monoisotopic (exact) mass is 278 g/mol. The van der Waals surface area contributed by atoms with Crippen LogP contribution in [0.1, 0.15) is 36.9 Å². The van der Waals surface area contributed by atoms with E-state index in [1.807, 2.05) is 13.0 Å². The van der Waals surface area contributed by atoms with Crippen molar-refractivity contribution in [1.82, 2.24) is 5.32 Å². The third-order valence-corrected chi connectivity index (χ3v) is 3.68. The molecular weight excluding hydrogens is 256 g/mol. The van der Waals surface area contributed by atoms with Gasteiger partial charge in [0.25, 0.3) is 5.69 Å². The summed E-state index contributed by atoms with van der Waals surface area (Å²) in [6.07, 6.45) is 2.60. The number of benzene rings is 1. The number of nitrogens with one attached hydrogen (secondary N) is 1. The number of rotatable bonds is 8. The molecule has 0 spiro atoms. The molecule has 0 aromatic heterocycles. The van der Waals surface area contributed by atoms with Crippen LogP contribution in [0.15, 0.2) is 18.2 Å². The van der Waals surface area contributed by atoms with Gasteiger partial charge >= 0.3 is 0 Å². The molecule has 0 aliphatic heterocycles. The molecule has 2 rings (SSSR count). The summed E-state index contributed by atoms with van der Waals surface area (Å²) >= 11 is 0. The Hall–Kier alpha value is -1.46. The molecule has 1 N–H and O–H groups in total. The molecular formula is C15H22N2O3. The van der Waals surface area contributed by atoms with Crippen LogP contribution in [0.2, 0.25) is 0 Å². The number of ether oxygens (including phenoxy) is 1. The minimum Gasteiger partial charge on any atom is -0.380 e. The van der Waals surface area contributed by atoms with E-state index >= 15 is 0 Å². The maximum absolute atomic E-state index is 10.9. The van der Waals surface area contributed by atoms with E-state index in [-0.39, 0.29) is 16.7 Å². The van der Waals surface area contributed by atoms with Crippen molar-refractivity contribution in [1.29, 1.82) is 0 Å². The highest BCUT2D eigenvalue weighted by Gasteiger charge is 2.21. The smallest absolute Gasteiger partial charge is 0.272 e. The highest BCUT2D eigenvalue weighted by Crippen LogP contribution is 2.28. The Balaban J connectivity index is 1.80. The van der Waals surface area contributed by atoms with E-state index in [4.69, 9.17) is 4.74 Å². The first-order valence-corrected chi connectivity index (χ1v) is 7.14. The fourth-order valence-corrected chi connectivity index (χ4v) is 2.09. The average Bonchev–Trinajstić information content (AvgIpc) is 3.22. The first kappa shape index (κ1) is 14.9. The second-order valence-corrected chi connectivity index (χ2v) is 5.50. The Morgan fingerprint density at radius 1 is 1.50 bits per heavy atom. The summed E-state index contributed by atoms with van der Waals surface area (Å²) in [6, 6.07) is 5.47. The van der Waals surface area contributed by atoms with Gasteiger partial charge < -0.3 is 10.1 Å². The van der Waals surface area contributed by atoms with Crippen LogP contribution < -0.4 is 5.32 Å². The Bertz CT molecular complexity index is 472. The predicted molar refractivity (Wildman–Crippen MR) is 77.8 cm³/mol. The van der Waals surface area contributed by atoms with Gasteiger partial charge in [-0.05, 0) is 38.2 Å².